The predicted molar refractivity (Wildman–Crippen MR) is 142 cm³/mol. The third kappa shape index (κ3) is 4.80. The Morgan fingerprint density at radius 3 is 2.00 bits per heavy atom. The van der Waals surface area contributed by atoms with Crippen molar-refractivity contribution in [1.29, 1.82) is 0 Å². The largest absolute Gasteiger partial charge is 0.322 e. The molecular formula is C30H23N3O2. The van der Waals surface area contributed by atoms with Crippen molar-refractivity contribution >= 4 is 45.3 Å². The van der Waals surface area contributed by atoms with Crippen molar-refractivity contribution in [3.63, 3.8) is 0 Å². The highest BCUT2D eigenvalue weighted by molar-refractivity contribution is 6.13. The number of rotatable bonds is 5. The van der Waals surface area contributed by atoms with E-state index < -0.39 is 0 Å². The van der Waals surface area contributed by atoms with E-state index in [1.807, 2.05) is 49.4 Å². The van der Waals surface area contributed by atoms with Crippen LogP contribution in [0.25, 0.3) is 21.5 Å². The number of amides is 2. The summed E-state index contributed by atoms with van der Waals surface area (Å²) in [4.78, 5) is 25.1. The number of anilines is 1. The monoisotopic (exact) mass is 457 g/mol. The summed E-state index contributed by atoms with van der Waals surface area (Å²) >= 11 is 0. The van der Waals surface area contributed by atoms with Gasteiger partial charge in [0, 0.05) is 22.4 Å². The summed E-state index contributed by atoms with van der Waals surface area (Å²) in [6.07, 6.45) is 1.69. The Kier molecular flexibility index (Phi) is 6.05. The van der Waals surface area contributed by atoms with E-state index in [-0.39, 0.29) is 11.8 Å². The van der Waals surface area contributed by atoms with Gasteiger partial charge < -0.3 is 5.32 Å². The topological polar surface area (TPSA) is 70.6 Å². The van der Waals surface area contributed by atoms with Crippen molar-refractivity contribution in [2.45, 2.75) is 6.92 Å². The smallest absolute Gasteiger partial charge is 0.271 e. The maximum Gasteiger partial charge on any atom is 0.271 e. The molecule has 0 aliphatic rings. The molecule has 5 nitrogen and oxygen atoms in total. The lowest BCUT2D eigenvalue weighted by Crippen LogP contribution is -2.18. The van der Waals surface area contributed by atoms with Gasteiger partial charge >= 0.3 is 0 Å². The first-order valence-corrected chi connectivity index (χ1v) is 11.3. The van der Waals surface area contributed by atoms with E-state index in [1.165, 1.54) is 0 Å². The molecule has 0 fully saturated rings. The Bertz CT molecular complexity index is 1530. The molecule has 0 aliphatic carbocycles. The lowest BCUT2D eigenvalue weighted by atomic mass is 9.97. The number of carbonyl (C=O) groups is 2. The lowest BCUT2D eigenvalue weighted by Gasteiger charge is -2.08. The van der Waals surface area contributed by atoms with Crippen molar-refractivity contribution in [1.82, 2.24) is 5.43 Å². The molecule has 0 heterocycles. The molecule has 0 radical (unpaired) electrons. The number of aryl methyl sites for hydroxylation is 1. The van der Waals surface area contributed by atoms with Crippen molar-refractivity contribution in [3.05, 3.63) is 125 Å². The SMILES string of the molecule is Cc1cccc(C(=O)Nc2ccc(C(=O)NN=Cc3c4ccccc4cc4ccccc34)cc2)c1. The van der Waals surface area contributed by atoms with E-state index in [2.05, 4.69) is 46.2 Å². The number of benzene rings is 5. The first-order chi connectivity index (χ1) is 17.1. The molecular weight excluding hydrogens is 434 g/mol. The van der Waals surface area contributed by atoms with Crippen LogP contribution in [0, 0.1) is 6.92 Å². The van der Waals surface area contributed by atoms with Crippen LogP contribution in [0.5, 0.6) is 0 Å². The van der Waals surface area contributed by atoms with Gasteiger partial charge in [-0.2, -0.15) is 5.10 Å². The normalized spacial score (nSPS) is 11.1. The Hall–Kier alpha value is -4.77. The average Bonchev–Trinajstić information content (AvgIpc) is 2.88. The van der Waals surface area contributed by atoms with Crippen LogP contribution in [0.1, 0.15) is 31.8 Å². The molecule has 0 atom stereocenters. The molecule has 5 heteroatoms. The summed E-state index contributed by atoms with van der Waals surface area (Å²) in [7, 11) is 0. The number of carbonyl (C=O) groups excluding carboxylic acids is 2. The zero-order chi connectivity index (χ0) is 24.2. The van der Waals surface area contributed by atoms with Gasteiger partial charge in [-0.15, -0.1) is 0 Å². The number of nitrogens with zero attached hydrogens (tertiary/aromatic N) is 1. The minimum atomic E-state index is -0.331. The quantitative estimate of drug-likeness (QED) is 0.184. The molecule has 35 heavy (non-hydrogen) atoms. The summed E-state index contributed by atoms with van der Waals surface area (Å²) in [6, 6.07) is 32.5. The first kappa shape index (κ1) is 22.0. The third-order valence-corrected chi connectivity index (χ3v) is 5.86. The number of hydrazone groups is 1. The van der Waals surface area contributed by atoms with Crippen LogP contribution in [-0.2, 0) is 0 Å². The maximum absolute atomic E-state index is 12.6. The van der Waals surface area contributed by atoms with Crippen molar-refractivity contribution in [2.24, 2.45) is 5.10 Å². The molecule has 0 unspecified atom stereocenters. The number of fused-ring (bicyclic) bond motifs is 2. The second-order valence-corrected chi connectivity index (χ2v) is 8.33. The molecule has 0 bridgehead atoms. The Labute approximate surface area is 203 Å². The molecule has 5 aromatic rings. The first-order valence-electron chi connectivity index (χ1n) is 11.3. The zero-order valence-electron chi connectivity index (χ0n) is 19.2. The summed E-state index contributed by atoms with van der Waals surface area (Å²) in [6.45, 7) is 1.94. The van der Waals surface area contributed by atoms with Gasteiger partial charge in [-0.05, 0) is 70.9 Å². The Morgan fingerprint density at radius 2 is 1.34 bits per heavy atom. The average molecular weight is 458 g/mol. The van der Waals surface area contributed by atoms with E-state index in [1.54, 1.807) is 36.5 Å². The van der Waals surface area contributed by atoms with Crippen molar-refractivity contribution < 1.29 is 9.59 Å². The standard InChI is InChI=1S/C30H23N3O2/c1-20-7-6-10-24(17-20)29(34)32-25-15-13-21(14-16-25)30(35)33-31-19-28-26-11-4-2-8-22(26)18-23-9-3-5-12-27(23)28/h2-19H,1H3,(H,32,34)(H,33,35). The predicted octanol–water partition coefficient (Wildman–Crippen LogP) is 6.32. The molecule has 2 amide bonds. The summed E-state index contributed by atoms with van der Waals surface area (Å²) < 4.78 is 0. The second kappa shape index (κ2) is 9.61. The fourth-order valence-corrected chi connectivity index (χ4v) is 4.10. The highest BCUT2D eigenvalue weighted by atomic mass is 16.2. The minimum absolute atomic E-state index is 0.196. The van der Waals surface area contributed by atoms with Crippen LogP contribution in [0.3, 0.4) is 0 Å². The van der Waals surface area contributed by atoms with Gasteiger partial charge in [-0.1, -0.05) is 66.2 Å². The lowest BCUT2D eigenvalue weighted by molar-refractivity contribution is 0.0954. The third-order valence-electron chi connectivity index (χ3n) is 5.86. The second-order valence-electron chi connectivity index (χ2n) is 8.33. The Morgan fingerprint density at radius 1 is 0.686 bits per heavy atom. The molecule has 170 valence electrons. The van der Waals surface area contributed by atoms with Crippen LogP contribution in [-0.4, -0.2) is 18.0 Å². The molecule has 5 aromatic carbocycles. The van der Waals surface area contributed by atoms with Crippen LogP contribution in [0.2, 0.25) is 0 Å². The van der Waals surface area contributed by atoms with Gasteiger partial charge in [0.05, 0.1) is 6.21 Å². The highest BCUT2D eigenvalue weighted by Crippen LogP contribution is 2.27. The van der Waals surface area contributed by atoms with Gasteiger partial charge in [-0.3, -0.25) is 9.59 Å². The van der Waals surface area contributed by atoms with E-state index in [0.717, 1.165) is 32.7 Å². The highest BCUT2D eigenvalue weighted by Gasteiger charge is 2.09. The molecule has 0 aromatic heterocycles. The minimum Gasteiger partial charge on any atom is -0.322 e. The van der Waals surface area contributed by atoms with Gasteiger partial charge in [0.1, 0.15) is 0 Å². The maximum atomic E-state index is 12.6. The number of nitrogens with one attached hydrogen (secondary N) is 2. The van der Waals surface area contributed by atoms with E-state index >= 15 is 0 Å². The van der Waals surface area contributed by atoms with Crippen LogP contribution in [0.15, 0.2) is 108 Å². The number of hydrogen-bond donors (Lipinski definition) is 2. The van der Waals surface area contributed by atoms with Gasteiger partial charge in [0.2, 0.25) is 0 Å². The zero-order valence-corrected chi connectivity index (χ0v) is 19.2. The summed E-state index contributed by atoms with van der Waals surface area (Å²) in [5.74, 6) is -0.528. The van der Waals surface area contributed by atoms with Crippen LogP contribution in [0.4, 0.5) is 5.69 Å². The van der Waals surface area contributed by atoms with Gasteiger partial charge in [-0.25, -0.2) is 5.43 Å². The van der Waals surface area contributed by atoms with Crippen molar-refractivity contribution in [3.8, 4) is 0 Å². The van der Waals surface area contributed by atoms with Gasteiger partial charge in [0.25, 0.3) is 11.8 Å². The Balaban J connectivity index is 1.30. The van der Waals surface area contributed by atoms with Crippen LogP contribution >= 0.6 is 0 Å². The fraction of sp³-hybridized carbons (Fsp3) is 0.0333. The van der Waals surface area contributed by atoms with Crippen molar-refractivity contribution in [2.75, 3.05) is 5.32 Å². The van der Waals surface area contributed by atoms with Gasteiger partial charge in [0.15, 0.2) is 0 Å². The molecule has 0 saturated heterocycles. The van der Waals surface area contributed by atoms with E-state index in [9.17, 15) is 9.59 Å². The summed E-state index contributed by atoms with van der Waals surface area (Å²) in [5.41, 5.74) is 6.22. The fourth-order valence-electron chi connectivity index (χ4n) is 4.10. The van der Waals surface area contributed by atoms with Crippen LogP contribution < -0.4 is 10.7 Å². The number of hydrogen-bond acceptors (Lipinski definition) is 3. The van der Waals surface area contributed by atoms with E-state index in [0.29, 0.717) is 16.8 Å². The summed E-state index contributed by atoms with van der Waals surface area (Å²) in [5, 5.41) is 11.5. The molecule has 0 saturated carbocycles. The molecule has 0 spiro atoms. The molecule has 2 N–H and O–H groups in total. The molecule has 0 aliphatic heterocycles. The van der Waals surface area contributed by atoms with E-state index in [4.69, 9.17) is 0 Å². The molecule has 5 rings (SSSR count).